The number of hydrogen-bond donors (Lipinski definition) is 3. The van der Waals surface area contributed by atoms with Crippen molar-refractivity contribution in [2.24, 2.45) is 0 Å². The second-order valence-electron chi connectivity index (χ2n) is 7.91. The van der Waals surface area contributed by atoms with Crippen molar-refractivity contribution in [3.63, 3.8) is 0 Å². The first-order chi connectivity index (χ1) is 17.0. The number of aliphatic hydroxyl groups is 1. The van der Waals surface area contributed by atoms with Crippen LogP contribution in [-0.4, -0.2) is 46.0 Å². The number of aromatic nitrogens is 3. The highest BCUT2D eigenvalue weighted by molar-refractivity contribution is 6.01. The first kappa shape index (κ1) is 24.0. The molecule has 7 nitrogen and oxygen atoms in total. The normalized spacial score (nSPS) is 11.8. The van der Waals surface area contributed by atoms with Crippen LogP contribution in [0.4, 0.5) is 8.78 Å². The van der Waals surface area contributed by atoms with Crippen LogP contribution in [0.15, 0.2) is 66.9 Å². The van der Waals surface area contributed by atoms with Gasteiger partial charge in [-0.05, 0) is 55.0 Å². The van der Waals surface area contributed by atoms with Crippen molar-refractivity contribution in [3.8, 4) is 28.3 Å². The van der Waals surface area contributed by atoms with Crippen molar-refractivity contribution < 1.29 is 23.4 Å². The number of H-pyrrole nitrogens is 1. The Kier molecular flexibility index (Phi) is 7.47. The summed E-state index contributed by atoms with van der Waals surface area (Å²) in [5, 5.41) is 19.4. The summed E-state index contributed by atoms with van der Waals surface area (Å²) in [6.07, 6.45) is 2.24. The van der Waals surface area contributed by atoms with Crippen molar-refractivity contribution in [1.29, 1.82) is 0 Å². The largest absolute Gasteiger partial charge is 0.497 e. The molecular weight excluding hydrogens is 454 g/mol. The Labute approximate surface area is 200 Å². The number of benzene rings is 2. The lowest BCUT2D eigenvalue weighted by Crippen LogP contribution is -2.37. The van der Waals surface area contributed by atoms with E-state index in [0.717, 1.165) is 0 Å². The third-order valence-electron chi connectivity index (χ3n) is 5.54. The van der Waals surface area contributed by atoms with E-state index in [0.29, 0.717) is 34.8 Å². The van der Waals surface area contributed by atoms with Crippen LogP contribution in [0.5, 0.6) is 5.75 Å². The zero-order valence-corrected chi connectivity index (χ0v) is 19.0. The van der Waals surface area contributed by atoms with Crippen LogP contribution in [-0.2, 0) is 6.42 Å². The molecule has 0 saturated heterocycles. The molecule has 0 aliphatic heterocycles. The summed E-state index contributed by atoms with van der Waals surface area (Å²) in [5.74, 6) is -0.842. The number of carbonyl (C=O) groups excluding carboxylic acids is 1. The molecule has 0 aliphatic rings. The van der Waals surface area contributed by atoms with E-state index >= 15 is 0 Å². The highest BCUT2D eigenvalue weighted by Gasteiger charge is 2.22. The predicted molar refractivity (Wildman–Crippen MR) is 127 cm³/mol. The van der Waals surface area contributed by atoms with E-state index < -0.39 is 17.8 Å². The maximum absolute atomic E-state index is 14.9. The molecule has 0 saturated carbocycles. The third kappa shape index (κ3) is 5.70. The van der Waals surface area contributed by atoms with Crippen molar-refractivity contribution in [1.82, 2.24) is 20.5 Å². The molecule has 2 heterocycles. The molecule has 0 spiro atoms. The molecular formula is C26H24F2N4O3. The van der Waals surface area contributed by atoms with Gasteiger partial charge in [-0.25, -0.2) is 8.78 Å². The quantitative estimate of drug-likeness (QED) is 0.336. The van der Waals surface area contributed by atoms with Gasteiger partial charge in [0, 0.05) is 48.2 Å². The van der Waals surface area contributed by atoms with Gasteiger partial charge in [-0.1, -0.05) is 6.07 Å². The number of ether oxygens (including phenoxy) is 1. The smallest absolute Gasteiger partial charge is 0.252 e. The Balaban J connectivity index is 1.59. The minimum atomic E-state index is -0.597. The molecule has 0 fully saturated rings. The number of aromatic amines is 1. The molecule has 180 valence electrons. The number of carbonyl (C=O) groups is 1. The van der Waals surface area contributed by atoms with E-state index in [9.17, 15) is 18.7 Å². The van der Waals surface area contributed by atoms with Crippen molar-refractivity contribution in [3.05, 3.63) is 89.8 Å². The molecule has 1 atom stereocenters. The van der Waals surface area contributed by atoms with E-state index in [1.165, 1.54) is 30.3 Å². The molecule has 0 bridgehead atoms. The second-order valence-corrected chi connectivity index (χ2v) is 7.91. The van der Waals surface area contributed by atoms with Crippen molar-refractivity contribution in [2.45, 2.75) is 18.9 Å². The highest BCUT2D eigenvalue weighted by Crippen LogP contribution is 2.29. The molecule has 0 unspecified atom stereocenters. The number of amides is 1. The molecule has 9 heteroatoms. The zero-order valence-electron chi connectivity index (χ0n) is 19.0. The van der Waals surface area contributed by atoms with Gasteiger partial charge in [0.1, 0.15) is 17.4 Å². The van der Waals surface area contributed by atoms with Gasteiger partial charge in [-0.3, -0.25) is 14.9 Å². The van der Waals surface area contributed by atoms with Gasteiger partial charge in [0.15, 0.2) is 0 Å². The van der Waals surface area contributed by atoms with Crippen molar-refractivity contribution in [2.75, 3.05) is 13.7 Å². The Morgan fingerprint density at radius 3 is 2.69 bits per heavy atom. The molecule has 2 aromatic heterocycles. The fourth-order valence-corrected chi connectivity index (χ4v) is 3.80. The number of rotatable bonds is 9. The van der Waals surface area contributed by atoms with E-state index in [2.05, 4.69) is 20.5 Å². The van der Waals surface area contributed by atoms with Crippen LogP contribution < -0.4 is 10.1 Å². The number of methoxy groups -OCH3 is 1. The topological polar surface area (TPSA) is 100 Å². The summed E-state index contributed by atoms with van der Waals surface area (Å²) < 4.78 is 33.4. The maximum Gasteiger partial charge on any atom is 0.252 e. The monoisotopic (exact) mass is 478 g/mol. The van der Waals surface area contributed by atoms with Crippen LogP contribution in [0.3, 0.4) is 0 Å². The number of nitrogens with zero attached hydrogens (tertiary/aromatic N) is 2. The molecule has 2 aromatic carbocycles. The number of pyridine rings is 1. The average molecular weight is 478 g/mol. The molecule has 3 N–H and O–H groups in total. The van der Waals surface area contributed by atoms with E-state index in [4.69, 9.17) is 4.74 Å². The number of aliphatic hydroxyl groups excluding tert-OH is 1. The summed E-state index contributed by atoms with van der Waals surface area (Å²) in [4.78, 5) is 17.5. The lowest BCUT2D eigenvalue weighted by atomic mass is 10.0. The minimum Gasteiger partial charge on any atom is -0.497 e. The van der Waals surface area contributed by atoms with Crippen LogP contribution in [0.25, 0.3) is 22.5 Å². The molecule has 4 aromatic rings. The van der Waals surface area contributed by atoms with Gasteiger partial charge >= 0.3 is 0 Å². The van der Waals surface area contributed by atoms with Gasteiger partial charge in [0.05, 0.1) is 24.1 Å². The molecule has 4 rings (SSSR count). The Morgan fingerprint density at radius 2 is 1.94 bits per heavy atom. The predicted octanol–water partition coefficient (Wildman–Crippen LogP) is 4.15. The summed E-state index contributed by atoms with van der Waals surface area (Å²) in [5.41, 5.74) is 2.29. The lowest BCUT2D eigenvalue weighted by molar-refractivity contribution is 0.0930. The van der Waals surface area contributed by atoms with Gasteiger partial charge in [-0.15, -0.1) is 0 Å². The Hall–Kier alpha value is -4.11. The standard InChI is InChI=1S/C26H24F2N4O3/c1-35-20-9-11-29-19(14-20)13-18(10-12-33)30-26(34)21-3-2-4-22(28)25(21)24-15-23(31-32-24)16-5-7-17(27)8-6-16/h2-9,11,14-15,18,33H,10,12-13H2,1H3,(H,30,34)(H,31,32)/t18-/m0/s1. The molecule has 35 heavy (non-hydrogen) atoms. The van der Waals surface area contributed by atoms with Crippen LogP contribution >= 0.6 is 0 Å². The van der Waals surface area contributed by atoms with Gasteiger partial charge in [0.25, 0.3) is 5.91 Å². The fraction of sp³-hybridized carbons (Fsp3) is 0.192. The second kappa shape index (κ2) is 10.9. The number of nitrogens with one attached hydrogen (secondary N) is 2. The summed E-state index contributed by atoms with van der Waals surface area (Å²) in [6, 6.07) is 14.6. The molecule has 1 amide bonds. The summed E-state index contributed by atoms with van der Waals surface area (Å²) in [7, 11) is 1.55. The Bertz CT molecular complexity index is 1310. The molecule has 0 radical (unpaired) electrons. The zero-order chi connectivity index (χ0) is 24.8. The Morgan fingerprint density at radius 1 is 1.14 bits per heavy atom. The first-order valence-electron chi connectivity index (χ1n) is 11.0. The fourth-order valence-electron chi connectivity index (χ4n) is 3.80. The van der Waals surface area contributed by atoms with Crippen LogP contribution in [0.1, 0.15) is 22.5 Å². The van der Waals surface area contributed by atoms with Crippen LogP contribution in [0, 0.1) is 11.6 Å². The van der Waals surface area contributed by atoms with Gasteiger partial charge in [-0.2, -0.15) is 5.10 Å². The number of hydrogen-bond acceptors (Lipinski definition) is 5. The van der Waals surface area contributed by atoms with E-state index in [1.54, 1.807) is 43.6 Å². The van der Waals surface area contributed by atoms with E-state index in [-0.39, 0.29) is 30.0 Å². The first-order valence-corrected chi connectivity index (χ1v) is 11.0. The molecule has 0 aliphatic carbocycles. The average Bonchev–Trinajstić information content (AvgIpc) is 3.34. The van der Waals surface area contributed by atoms with Crippen LogP contribution in [0.2, 0.25) is 0 Å². The maximum atomic E-state index is 14.9. The summed E-state index contributed by atoms with van der Waals surface area (Å²) in [6.45, 7) is -0.146. The highest BCUT2D eigenvalue weighted by atomic mass is 19.1. The summed E-state index contributed by atoms with van der Waals surface area (Å²) >= 11 is 0. The number of halogens is 2. The van der Waals surface area contributed by atoms with Gasteiger partial charge < -0.3 is 15.2 Å². The van der Waals surface area contributed by atoms with Crippen molar-refractivity contribution >= 4 is 5.91 Å². The van der Waals surface area contributed by atoms with Gasteiger partial charge in [0.2, 0.25) is 0 Å². The van der Waals surface area contributed by atoms with E-state index in [1.807, 2.05) is 0 Å². The minimum absolute atomic E-state index is 0.0631. The SMILES string of the molecule is COc1ccnc(C[C@H](CCO)NC(=O)c2cccc(F)c2-c2cc(-c3ccc(F)cc3)n[nH]2)c1. The third-order valence-corrected chi connectivity index (χ3v) is 5.54. The lowest BCUT2D eigenvalue weighted by Gasteiger charge is -2.19.